The van der Waals surface area contributed by atoms with E-state index in [2.05, 4.69) is 72.2 Å². The molecule has 2 aromatic heterocycles. The molecule has 1 aromatic carbocycles. The number of aromatic nitrogens is 4. The Morgan fingerprint density at radius 3 is 2.79 bits per heavy atom. The van der Waals surface area contributed by atoms with Crippen molar-refractivity contribution < 1.29 is 0 Å². The Labute approximate surface area is 173 Å². The van der Waals surface area contributed by atoms with Crippen molar-refractivity contribution in [2.24, 2.45) is 23.7 Å². The van der Waals surface area contributed by atoms with Crippen LogP contribution in [0.3, 0.4) is 0 Å². The fourth-order valence-corrected chi connectivity index (χ4v) is 4.82. The van der Waals surface area contributed by atoms with Gasteiger partial charge in [-0.15, -0.1) is 0 Å². The minimum atomic E-state index is 0.560. The van der Waals surface area contributed by atoms with Gasteiger partial charge in [-0.1, -0.05) is 37.6 Å². The third kappa shape index (κ3) is 4.45. The van der Waals surface area contributed by atoms with Gasteiger partial charge in [-0.25, -0.2) is 9.97 Å². The SMILES string of the molecule is CC1=C[C@@H](CNCc2ncc[nH]2)[C@H](C(C)C)C[C@H]1Cc1nc2c(C)cccc2[nH]1. The van der Waals surface area contributed by atoms with Crippen LogP contribution >= 0.6 is 0 Å². The number of allylic oxidation sites excluding steroid dienone is 1. The van der Waals surface area contributed by atoms with Crippen LogP contribution in [0.25, 0.3) is 11.0 Å². The average Bonchev–Trinajstić information content (AvgIpc) is 3.33. The number of benzene rings is 1. The molecular weight excluding hydrogens is 358 g/mol. The van der Waals surface area contributed by atoms with Gasteiger partial charge in [0.25, 0.3) is 0 Å². The molecule has 154 valence electrons. The molecule has 1 aliphatic rings. The Hall–Kier alpha value is -2.40. The topological polar surface area (TPSA) is 69.4 Å². The first-order valence-corrected chi connectivity index (χ1v) is 10.8. The van der Waals surface area contributed by atoms with Crippen LogP contribution in [0.2, 0.25) is 0 Å². The number of hydrogen-bond acceptors (Lipinski definition) is 3. The second kappa shape index (κ2) is 8.54. The van der Waals surface area contributed by atoms with Crippen LogP contribution in [0, 0.1) is 30.6 Å². The lowest BCUT2D eigenvalue weighted by Crippen LogP contribution is -2.34. The monoisotopic (exact) mass is 391 g/mol. The lowest BCUT2D eigenvalue weighted by atomic mass is 9.70. The van der Waals surface area contributed by atoms with Gasteiger partial charge in [0, 0.05) is 25.4 Å². The van der Waals surface area contributed by atoms with Crippen LogP contribution in [0.4, 0.5) is 0 Å². The van der Waals surface area contributed by atoms with Crippen LogP contribution < -0.4 is 5.32 Å². The summed E-state index contributed by atoms with van der Waals surface area (Å²) in [6, 6.07) is 6.36. The van der Waals surface area contributed by atoms with Gasteiger partial charge in [0.2, 0.25) is 0 Å². The van der Waals surface area contributed by atoms with Gasteiger partial charge in [-0.2, -0.15) is 0 Å². The van der Waals surface area contributed by atoms with Crippen LogP contribution in [-0.4, -0.2) is 26.5 Å². The van der Waals surface area contributed by atoms with Gasteiger partial charge in [-0.05, 0) is 55.6 Å². The number of aryl methyl sites for hydroxylation is 1. The van der Waals surface area contributed by atoms with E-state index < -0.39 is 0 Å². The summed E-state index contributed by atoms with van der Waals surface area (Å²) >= 11 is 0. The summed E-state index contributed by atoms with van der Waals surface area (Å²) in [5.74, 6) is 4.59. The molecule has 0 fully saturated rings. The summed E-state index contributed by atoms with van der Waals surface area (Å²) in [7, 11) is 0. The zero-order valence-electron chi connectivity index (χ0n) is 18.0. The summed E-state index contributed by atoms with van der Waals surface area (Å²) in [4.78, 5) is 15.9. The first-order valence-electron chi connectivity index (χ1n) is 10.8. The molecular formula is C24H33N5. The number of nitrogens with zero attached hydrogens (tertiary/aromatic N) is 2. The van der Waals surface area contributed by atoms with E-state index in [0.29, 0.717) is 23.7 Å². The Balaban J connectivity index is 1.46. The van der Waals surface area contributed by atoms with E-state index in [1.54, 1.807) is 0 Å². The van der Waals surface area contributed by atoms with Crippen molar-refractivity contribution in [1.29, 1.82) is 0 Å². The van der Waals surface area contributed by atoms with Gasteiger partial charge in [-0.3, -0.25) is 0 Å². The number of imidazole rings is 2. The molecule has 0 unspecified atom stereocenters. The van der Waals surface area contributed by atoms with Crippen molar-refractivity contribution in [3.05, 3.63) is 59.5 Å². The van der Waals surface area contributed by atoms with E-state index in [-0.39, 0.29) is 0 Å². The quantitative estimate of drug-likeness (QED) is 0.508. The first kappa shape index (κ1) is 19.9. The smallest absolute Gasteiger partial charge is 0.120 e. The van der Waals surface area contributed by atoms with Crippen molar-refractivity contribution in [3.8, 4) is 0 Å². The van der Waals surface area contributed by atoms with Crippen molar-refractivity contribution >= 4 is 11.0 Å². The summed E-state index contributed by atoms with van der Waals surface area (Å²) in [5.41, 5.74) is 5.01. The van der Waals surface area contributed by atoms with Crippen LogP contribution in [0.1, 0.15) is 44.4 Å². The molecule has 1 aliphatic carbocycles. The summed E-state index contributed by atoms with van der Waals surface area (Å²) in [5, 5.41) is 3.59. The molecule has 4 rings (SSSR count). The number of H-pyrrole nitrogens is 2. The average molecular weight is 392 g/mol. The highest BCUT2D eigenvalue weighted by Gasteiger charge is 2.31. The van der Waals surface area contributed by atoms with Gasteiger partial charge < -0.3 is 15.3 Å². The standard InChI is InChI=1S/C24H33N5/c1-15(2)20-11-18(12-22-28-21-7-5-6-16(3)24(21)29-22)17(4)10-19(20)13-25-14-23-26-8-9-27-23/h5-10,15,18-20,25H,11-14H2,1-4H3,(H,26,27)(H,28,29)/t18-,19-,20-/m0/s1. The Kier molecular flexibility index (Phi) is 5.86. The molecule has 2 heterocycles. The van der Waals surface area contributed by atoms with Crippen molar-refractivity contribution in [2.45, 2.75) is 47.1 Å². The van der Waals surface area contributed by atoms with E-state index in [4.69, 9.17) is 4.98 Å². The van der Waals surface area contributed by atoms with E-state index in [1.807, 2.05) is 12.4 Å². The van der Waals surface area contributed by atoms with Crippen LogP contribution in [-0.2, 0) is 13.0 Å². The molecule has 0 radical (unpaired) electrons. The second-order valence-electron chi connectivity index (χ2n) is 8.94. The molecule has 29 heavy (non-hydrogen) atoms. The van der Waals surface area contributed by atoms with Crippen molar-refractivity contribution in [3.63, 3.8) is 0 Å². The minimum absolute atomic E-state index is 0.560. The number of para-hydroxylation sites is 1. The lowest BCUT2D eigenvalue weighted by molar-refractivity contribution is 0.221. The highest BCUT2D eigenvalue weighted by atomic mass is 15.0. The summed E-state index contributed by atoms with van der Waals surface area (Å²) < 4.78 is 0. The highest BCUT2D eigenvalue weighted by Crippen LogP contribution is 2.38. The maximum Gasteiger partial charge on any atom is 0.120 e. The Morgan fingerprint density at radius 1 is 1.21 bits per heavy atom. The zero-order valence-corrected chi connectivity index (χ0v) is 18.0. The fourth-order valence-electron chi connectivity index (χ4n) is 4.82. The third-order valence-corrected chi connectivity index (χ3v) is 6.51. The third-order valence-electron chi connectivity index (χ3n) is 6.51. The fraction of sp³-hybridized carbons (Fsp3) is 0.500. The summed E-state index contributed by atoms with van der Waals surface area (Å²) in [6.45, 7) is 10.9. The number of fused-ring (bicyclic) bond motifs is 1. The van der Waals surface area contributed by atoms with Crippen molar-refractivity contribution in [1.82, 2.24) is 25.3 Å². The van der Waals surface area contributed by atoms with Gasteiger partial charge in [0.1, 0.15) is 11.6 Å². The molecule has 0 saturated heterocycles. The Morgan fingerprint density at radius 2 is 2.07 bits per heavy atom. The number of aromatic amines is 2. The molecule has 5 heteroatoms. The largest absolute Gasteiger partial charge is 0.348 e. The predicted molar refractivity (Wildman–Crippen MR) is 119 cm³/mol. The molecule has 3 atom stereocenters. The normalized spacial score (nSPS) is 22.4. The maximum absolute atomic E-state index is 4.90. The van der Waals surface area contributed by atoms with Gasteiger partial charge in [0.15, 0.2) is 0 Å². The van der Waals surface area contributed by atoms with E-state index in [0.717, 1.165) is 42.2 Å². The molecule has 3 aromatic rings. The molecule has 0 bridgehead atoms. The minimum Gasteiger partial charge on any atom is -0.348 e. The van der Waals surface area contributed by atoms with E-state index >= 15 is 0 Å². The predicted octanol–water partition coefficient (Wildman–Crippen LogP) is 4.78. The van der Waals surface area contributed by atoms with E-state index in [9.17, 15) is 0 Å². The molecule has 3 N–H and O–H groups in total. The number of hydrogen-bond donors (Lipinski definition) is 3. The Bertz CT molecular complexity index is 966. The molecule has 0 amide bonds. The molecule has 0 spiro atoms. The maximum atomic E-state index is 4.90. The second-order valence-corrected chi connectivity index (χ2v) is 8.94. The molecule has 5 nitrogen and oxygen atoms in total. The van der Waals surface area contributed by atoms with Crippen molar-refractivity contribution in [2.75, 3.05) is 6.54 Å². The number of rotatable bonds is 7. The van der Waals surface area contributed by atoms with Crippen LogP contribution in [0.15, 0.2) is 42.2 Å². The zero-order chi connectivity index (χ0) is 20.4. The van der Waals surface area contributed by atoms with E-state index in [1.165, 1.54) is 17.6 Å². The molecule has 0 aliphatic heterocycles. The highest BCUT2D eigenvalue weighted by molar-refractivity contribution is 5.78. The first-order chi connectivity index (χ1) is 14.0. The van der Waals surface area contributed by atoms with Crippen LogP contribution in [0.5, 0.6) is 0 Å². The van der Waals surface area contributed by atoms with Gasteiger partial charge >= 0.3 is 0 Å². The van der Waals surface area contributed by atoms with Gasteiger partial charge in [0.05, 0.1) is 17.6 Å². The lowest BCUT2D eigenvalue weighted by Gasteiger charge is -2.37. The molecule has 0 saturated carbocycles. The number of nitrogens with one attached hydrogen (secondary N) is 3. The summed E-state index contributed by atoms with van der Waals surface area (Å²) in [6.07, 6.45) is 8.42.